The third kappa shape index (κ3) is 2.41. The SMILES string of the molecule is Clc1ccc2scnc2c1NC1CCc2ccccc2C1. The van der Waals surface area contributed by atoms with Gasteiger partial charge in [0, 0.05) is 6.04 Å². The molecular weight excluding hydrogens is 300 g/mol. The van der Waals surface area contributed by atoms with Crippen LogP contribution in [0.3, 0.4) is 0 Å². The molecule has 21 heavy (non-hydrogen) atoms. The normalized spacial score (nSPS) is 17.7. The average molecular weight is 315 g/mol. The minimum absolute atomic E-state index is 0.421. The number of benzene rings is 2. The standard InChI is InChI=1S/C17H15ClN2S/c18-14-7-8-15-17(19-10-21-15)16(14)20-13-6-5-11-3-1-2-4-12(11)9-13/h1-4,7-8,10,13,20H,5-6,9H2. The van der Waals surface area contributed by atoms with Crippen LogP contribution < -0.4 is 5.32 Å². The molecule has 1 aromatic heterocycles. The van der Waals surface area contributed by atoms with Crippen LogP contribution in [0, 0.1) is 0 Å². The average Bonchev–Trinajstić information content (AvgIpc) is 2.99. The number of hydrogen-bond acceptors (Lipinski definition) is 3. The number of nitrogens with one attached hydrogen (secondary N) is 1. The third-order valence-electron chi connectivity index (χ3n) is 4.15. The molecule has 0 aliphatic heterocycles. The van der Waals surface area contributed by atoms with Crippen LogP contribution in [0.4, 0.5) is 5.69 Å². The van der Waals surface area contributed by atoms with Gasteiger partial charge in [0.25, 0.3) is 0 Å². The van der Waals surface area contributed by atoms with Crippen molar-refractivity contribution in [3.8, 4) is 0 Å². The number of nitrogens with zero attached hydrogens (tertiary/aromatic N) is 1. The number of thiazole rings is 1. The molecule has 1 aliphatic rings. The summed E-state index contributed by atoms with van der Waals surface area (Å²) in [7, 11) is 0. The predicted octanol–water partition coefficient (Wildman–Crippen LogP) is 4.92. The second-order valence-electron chi connectivity index (χ2n) is 5.47. The first-order valence-electron chi connectivity index (χ1n) is 7.16. The van der Waals surface area contributed by atoms with Gasteiger partial charge in [-0.3, -0.25) is 0 Å². The van der Waals surface area contributed by atoms with Gasteiger partial charge in [0.2, 0.25) is 0 Å². The molecule has 1 heterocycles. The van der Waals surface area contributed by atoms with Crippen LogP contribution in [0.5, 0.6) is 0 Å². The van der Waals surface area contributed by atoms with Crippen molar-refractivity contribution in [3.63, 3.8) is 0 Å². The van der Waals surface area contributed by atoms with Gasteiger partial charge in [0.15, 0.2) is 0 Å². The van der Waals surface area contributed by atoms with Gasteiger partial charge < -0.3 is 5.32 Å². The summed E-state index contributed by atoms with van der Waals surface area (Å²) in [6, 6.07) is 13.1. The lowest BCUT2D eigenvalue weighted by molar-refractivity contribution is 0.611. The molecular formula is C17H15ClN2S. The van der Waals surface area contributed by atoms with Crippen LogP contribution in [-0.2, 0) is 12.8 Å². The number of halogens is 1. The lowest BCUT2D eigenvalue weighted by atomic mass is 9.88. The summed E-state index contributed by atoms with van der Waals surface area (Å²) in [6.45, 7) is 0. The van der Waals surface area contributed by atoms with E-state index in [2.05, 4.69) is 34.6 Å². The summed E-state index contributed by atoms with van der Waals surface area (Å²) in [5.41, 5.74) is 6.78. The van der Waals surface area contributed by atoms with E-state index in [1.807, 2.05) is 17.6 Å². The van der Waals surface area contributed by atoms with Crippen LogP contribution in [0.2, 0.25) is 5.02 Å². The summed E-state index contributed by atoms with van der Waals surface area (Å²) in [6.07, 6.45) is 3.30. The Morgan fingerprint density at radius 1 is 1.14 bits per heavy atom. The molecule has 1 atom stereocenters. The van der Waals surface area contributed by atoms with Crippen molar-refractivity contribution in [3.05, 3.63) is 58.1 Å². The van der Waals surface area contributed by atoms with Gasteiger partial charge >= 0.3 is 0 Å². The highest BCUT2D eigenvalue weighted by Gasteiger charge is 2.20. The van der Waals surface area contributed by atoms with E-state index in [1.165, 1.54) is 15.8 Å². The molecule has 1 aliphatic carbocycles. The Labute approximate surface area is 132 Å². The fourth-order valence-electron chi connectivity index (χ4n) is 3.07. The predicted molar refractivity (Wildman–Crippen MR) is 90.5 cm³/mol. The Bertz CT molecular complexity index is 796. The number of aryl methyl sites for hydroxylation is 1. The smallest absolute Gasteiger partial charge is 0.106 e. The quantitative estimate of drug-likeness (QED) is 0.726. The molecule has 3 aromatic rings. The molecule has 2 nitrogen and oxygen atoms in total. The van der Waals surface area contributed by atoms with Gasteiger partial charge in [-0.2, -0.15) is 0 Å². The molecule has 106 valence electrons. The van der Waals surface area contributed by atoms with E-state index < -0.39 is 0 Å². The Hall–Kier alpha value is -1.58. The molecule has 4 heteroatoms. The van der Waals surface area contributed by atoms with Crippen molar-refractivity contribution in [1.82, 2.24) is 4.98 Å². The zero-order valence-electron chi connectivity index (χ0n) is 11.5. The minimum Gasteiger partial charge on any atom is -0.379 e. The van der Waals surface area contributed by atoms with E-state index >= 15 is 0 Å². The minimum atomic E-state index is 0.421. The Morgan fingerprint density at radius 3 is 2.90 bits per heavy atom. The maximum absolute atomic E-state index is 6.38. The van der Waals surface area contributed by atoms with Gasteiger partial charge in [-0.1, -0.05) is 35.9 Å². The maximum Gasteiger partial charge on any atom is 0.106 e. The highest BCUT2D eigenvalue weighted by molar-refractivity contribution is 7.16. The zero-order valence-corrected chi connectivity index (χ0v) is 13.0. The second kappa shape index (κ2) is 5.32. The number of fused-ring (bicyclic) bond motifs is 2. The molecule has 0 bridgehead atoms. The van der Waals surface area contributed by atoms with Gasteiger partial charge in [-0.05, 0) is 42.5 Å². The van der Waals surface area contributed by atoms with Gasteiger partial charge in [-0.25, -0.2) is 4.98 Å². The molecule has 0 saturated carbocycles. The summed E-state index contributed by atoms with van der Waals surface area (Å²) in [5.74, 6) is 0. The molecule has 0 spiro atoms. The van der Waals surface area contributed by atoms with Gasteiger partial charge in [-0.15, -0.1) is 11.3 Å². The van der Waals surface area contributed by atoms with E-state index in [9.17, 15) is 0 Å². The van der Waals surface area contributed by atoms with Crippen molar-refractivity contribution in [1.29, 1.82) is 0 Å². The first-order valence-corrected chi connectivity index (χ1v) is 8.42. The van der Waals surface area contributed by atoms with Crippen LogP contribution in [0.25, 0.3) is 10.2 Å². The largest absolute Gasteiger partial charge is 0.379 e. The fourth-order valence-corrected chi connectivity index (χ4v) is 3.96. The van der Waals surface area contributed by atoms with Crippen molar-refractivity contribution < 1.29 is 0 Å². The highest BCUT2D eigenvalue weighted by atomic mass is 35.5. The summed E-state index contributed by atoms with van der Waals surface area (Å²) in [5, 5.41) is 4.39. The molecule has 0 fully saturated rings. The van der Waals surface area contributed by atoms with E-state index in [1.54, 1.807) is 11.3 Å². The first-order chi connectivity index (χ1) is 10.3. The Balaban J connectivity index is 1.64. The lowest BCUT2D eigenvalue weighted by Gasteiger charge is -2.26. The van der Waals surface area contributed by atoms with Gasteiger partial charge in [0.1, 0.15) is 5.52 Å². The topological polar surface area (TPSA) is 24.9 Å². The van der Waals surface area contributed by atoms with E-state index in [4.69, 9.17) is 11.6 Å². The fraction of sp³-hybridized carbons (Fsp3) is 0.235. The zero-order chi connectivity index (χ0) is 14.2. The maximum atomic E-state index is 6.38. The molecule has 0 saturated heterocycles. The number of anilines is 1. The monoisotopic (exact) mass is 314 g/mol. The molecule has 0 amide bonds. The molecule has 4 rings (SSSR count). The molecule has 1 N–H and O–H groups in total. The number of aromatic nitrogens is 1. The van der Waals surface area contributed by atoms with Crippen LogP contribution in [0.1, 0.15) is 17.5 Å². The third-order valence-corrected chi connectivity index (χ3v) is 5.26. The van der Waals surface area contributed by atoms with E-state index in [-0.39, 0.29) is 0 Å². The molecule has 1 unspecified atom stereocenters. The van der Waals surface area contributed by atoms with E-state index in [0.717, 1.165) is 35.5 Å². The van der Waals surface area contributed by atoms with E-state index in [0.29, 0.717) is 6.04 Å². The first kappa shape index (κ1) is 13.1. The van der Waals surface area contributed by atoms with Crippen molar-refractivity contribution in [2.24, 2.45) is 0 Å². The number of hydrogen-bond donors (Lipinski definition) is 1. The Morgan fingerprint density at radius 2 is 2.00 bits per heavy atom. The van der Waals surface area contributed by atoms with Crippen LogP contribution in [-0.4, -0.2) is 11.0 Å². The highest BCUT2D eigenvalue weighted by Crippen LogP contribution is 2.34. The van der Waals surface area contributed by atoms with Crippen molar-refractivity contribution in [2.45, 2.75) is 25.3 Å². The lowest BCUT2D eigenvalue weighted by Crippen LogP contribution is -2.27. The number of rotatable bonds is 2. The second-order valence-corrected chi connectivity index (χ2v) is 6.77. The summed E-state index contributed by atoms with van der Waals surface area (Å²) in [4.78, 5) is 4.46. The van der Waals surface area contributed by atoms with Gasteiger partial charge in [0.05, 0.1) is 20.9 Å². The molecule has 0 radical (unpaired) electrons. The summed E-state index contributed by atoms with van der Waals surface area (Å²) < 4.78 is 1.18. The van der Waals surface area contributed by atoms with Crippen LogP contribution >= 0.6 is 22.9 Å². The molecule has 2 aromatic carbocycles. The Kier molecular flexibility index (Phi) is 3.32. The van der Waals surface area contributed by atoms with Crippen LogP contribution in [0.15, 0.2) is 41.9 Å². The summed E-state index contributed by atoms with van der Waals surface area (Å²) >= 11 is 8.03. The van der Waals surface area contributed by atoms with Crippen molar-refractivity contribution >= 4 is 38.8 Å². The van der Waals surface area contributed by atoms with Crippen molar-refractivity contribution in [2.75, 3.05) is 5.32 Å².